The third-order valence-electron chi connectivity index (χ3n) is 1.85. The van der Waals surface area contributed by atoms with Crippen molar-refractivity contribution >= 4 is 17.4 Å². The quantitative estimate of drug-likeness (QED) is 0.719. The molecule has 0 aliphatic heterocycles. The molecule has 0 saturated carbocycles. The van der Waals surface area contributed by atoms with Crippen molar-refractivity contribution < 1.29 is 4.74 Å². The molecule has 0 radical (unpaired) electrons. The van der Waals surface area contributed by atoms with E-state index in [4.69, 9.17) is 21.6 Å². The summed E-state index contributed by atoms with van der Waals surface area (Å²) in [6.45, 7) is 1.20. The molecule has 0 unspecified atom stereocenters. The predicted molar refractivity (Wildman–Crippen MR) is 56.9 cm³/mol. The Bertz CT molecular complexity index is 377. The minimum Gasteiger partial charge on any atom is -0.383 e. The SMILES string of the molecule is COCCN(C)c1nc(Cl)ncc1C#N. The molecule has 0 atom stereocenters. The lowest BCUT2D eigenvalue weighted by atomic mass is 10.3. The van der Waals surface area contributed by atoms with Crippen LogP contribution in [0.5, 0.6) is 0 Å². The Hall–Kier alpha value is -1.38. The van der Waals surface area contributed by atoms with Gasteiger partial charge < -0.3 is 9.64 Å². The van der Waals surface area contributed by atoms with Crippen LogP contribution in [0.2, 0.25) is 5.28 Å². The second-order valence-corrected chi connectivity index (χ2v) is 3.24. The predicted octanol–water partition coefficient (Wildman–Crippen LogP) is 1.08. The van der Waals surface area contributed by atoms with Crippen LogP contribution in [0, 0.1) is 11.3 Å². The summed E-state index contributed by atoms with van der Waals surface area (Å²) in [6.07, 6.45) is 1.41. The van der Waals surface area contributed by atoms with Gasteiger partial charge in [0, 0.05) is 20.7 Å². The lowest BCUT2D eigenvalue weighted by Gasteiger charge is -2.18. The number of aromatic nitrogens is 2. The largest absolute Gasteiger partial charge is 0.383 e. The first kappa shape index (κ1) is 11.7. The Labute approximate surface area is 93.3 Å². The van der Waals surface area contributed by atoms with E-state index in [1.54, 1.807) is 12.0 Å². The molecule has 0 fully saturated rings. The molecule has 0 N–H and O–H groups in total. The summed E-state index contributed by atoms with van der Waals surface area (Å²) in [7, 11) is 3.44. The van der Waals surface area contributed by atoms with Gasteiger partial charge in [0.15, 0.2) is 5.82 Å². The van der Waals surface area contributed by atoms with Crippen LogP contribution in [0.25, 0.3) is 0 Å². The number of anilines is 1. The highest BCUT2D eigenvalue weighted by Gasteiger charge is 2.10. The van der Waals surface area contributed by atoms with Crippen LogP contribution in [0.3, 0.4) is 0 Å². The Morgan fingerprint density at radius 3 is 3.00 bits per heavy atom. The van der Waals surface area contributed by atoms with Crippen LogP contribution in [-0.4, -0.2) is 37.3 Å². The second kappa shape index (κ2) is 5.49. The van der Waals surface area contributed by atoms with Gasteiger partial charge in [-0.05, 0) is 11.6 Å². The van der Waals surface area contributed by atoms with Gasteiger partial charge in [0.2, 0.25) is 5.28 Å². The Balaban J connectivity index is 2.91. The zero-order valence-electron chi connectivity index (χ0n) is 8.57. The maximum atomic E-state index is 8.85. The lowest BCUT2D eigenvalue weighted by Crippen LogP contribution is -2.24. The Kier molecular flexibility index (Phi) is 4.28. The van der Waals surface area contributed by atoms with Crippen molar-refractivity contribution in [1.29, 1.82) is 5.26 Å². The van der Waals surface area contributed by atoms with Crippen LogP contribution in [0.4, 0.5) is 5.82 Å². The fourth-order valence-electron chi connectivity index (χ4n) is 1.06. The topological polar surface area (TPSA) is 62.0 Å². The number of methoxy groups -OCH3 is 1. The molecule has 0 saturated heterocycles. The summed E-state index contributed by atoms with van der Waals surface area (Å²) in [5.41, 5.74) is 0.401. The molecule has 0 spiro atoms. The molecular weight excluding hydrogens is 216 g/mol. The third kappa shape index (κ3) is 3.05. The normalized spacial score (nSPS) is 9.73. The van der Waals surface area contributed by atoms with Crippen molar-refractivity contribution in [2.75, 3.05) is 32.2 Å². The first-order valence-corrected chi connectivity index (χ1v) is 4.69. The van der Waals surface area contributed by atoms with Crippen molar-refractivity contribution in [2.24, 2.45) is 0 Å². The number of ether oxygens (including phenoxy) is 1. The van der Waals surface area contributed by atoms with Gasteiger partial charge >= 0.3 is 0 Å². The standard InChI is InChI=1S/C9H11ClN4O/c1-14(3-4-15-2)8-7(5-11)6-12-9(10)13-8/h6H,3-4H2,1-2H3. The van der Waals surface area contributed by atoms with Gasteiger partial charge in [0.1, 0.15) is 11.6 Å². The van der Waals surface area contributed by atoms with Crippen LogP contribution in [-0.2, 0) is 4.74 Å². The van der Waals surface area contributed by atoms with Crippen LogP contribution < -0.4 is 4.90 Å². The average Bonchev–Trinajstić information content (AvgIpc) is 2.25. The van der Waals surface area contributed by atoms with E-state index in [0.29, 0.717) is 24.5 Å². The van der Waals surface area contributed by atoms with Gasteiger partial charge in [-0.25, -0.2) is 4.98 Å². The summed E-state index contributed by atoms with van der Waals surface area (Å²) in [5.74, 6) is 0.523. The molecule has 15 heavy (non-hydrogen) atoms. The number of rotatable bonds is 4. The molecule has 5 nitrogen and oxygen atoms in total. The van der Waals surface area contributed by atoms with Crippen LogP contribution in [0.1, 0.15) is 5.56 Å². The highest BCUT2D eigenvalue weighted by Crippen LogP contribution is 2.16. The molecule has 1 heterocycles. The lowest BCUT2D eigenvalue weighted by molar-refractivity contribution is 0.206. The number of halogens is 1. The average molecular weight is 227 g/mol. The zero-order chi connectivity index (χ0) is 11.3. The smallest absolute Gasteiger partial charge is 0.224 e. The molecule has 1 rings (SSSR count). The first-order valence-electron chi connectivity index (χ1n) is 4.31. The minimum absolute atomic E-state index is 0.133. The van der Waals surface area contributed by atoms with Gasteiger partial charge in [0.05, 0.1) is 12.8 Å². The minimum atomic E-state index is 0.133. The van der Waals surface area contributed by atoms with Crippen LogP contribution in [0.15, 0.2) is 6.20 Å². The Morgan fingerprint density at radius 1 is 1.67 bits per heavy atom. The van der Waals surface area contributed by atoms with Crippen LogP contribution >= 0.6 is 11.6 Å². The number of nitrogens with zero attached hydrogens (tertiary/aromatic N) is 4. The summed E-state index contributed by atoms with van der Waals surface area (Å²) in [4.78, 5) is 9.55. The maximum Gasteiger partial charge on any atom is 0.224 e. The summed E-state index contributed by atoms with van der Waals surface area (Å²) in [5, 5.41) is 8.99. The van der Waals surface area contributed by atoms with E-state index in [-0.39, 0.29) is 5.28 Å². The van der Waals surface area contributed by atoms with Crippen molar-refractivity contribution in [1.82, 2.24) is 9.97 Å². The van der Waals surface area contributed by atoms with Gasteiger partial charge in [0.25, 0.3) is 0 Å². The molecule has 0 bridgehead atoms. The molecule has 0 amide bonds. The van der Waals surface area contributed by atoms with Gasteiger partial charge in [-0.2, -0.15) is 10.2 Å². The summed E-state index contributed by atoms with van der Waals surface area (Å²) >= 11 is 5.66. The van der Waals surface area contributed by atoms with Gasteiger partial charge in [-0.15, -0.1) is 0 Å². The maximum absolute atomic E-state index is 8.85. The fourth-order valence-corrected chi connectivity index (χ4v) is 1.18. The number of likely N-dealkylation sites (N-methyl/N-ethyl adjacent to an activating group) is 1. The van der Waals surface area contributed by atoms with E-state index >= 15 is 0 Å². The van der Waals surface area contributed by atoms with E-state index in [1.165, 1.54) is 6.20 Å². The van der Waals surface area contributed by atoms with E-state index in [9.17, 15) is 0 Å². The second-order valence-electron chi connectivity index (χ2n) is 2.90. The van der Waals surface area contributed by atoms with Gasteiger partial charge in [-0.3, -0.25) is 0 Å². The van der Waals surface area contributed by atoms with Crippen molar-refractivity contribution in [2.45, 2.75) is 0 Å². The zero-order valence-corrected chi connectivity index (χ0v) is 9.32. The van der Waals surface area contributed by atoms with E-state index in [1.807, 2.05) is 13.1 Å². The van der Waals surface area contributed by atoms with Gasteiger partial charge in [-0.1, -0.05) is 0 Å². The molecule has 6 heteroatoms. The van der Waals surface area contributed by atoms with Crippen molar-refractivity contribution in [3.05, 3.63) is 17.0 Å². The first-order chi connectivity index (χ1) is 7.19. The number of hydrogen-bond donors (Lipinski definition) is 0. The van der Waals surface area contributed by atoms with E-state index in [0.717, 1.165) is 0 Å². The number of hydrogen-bond acceptors (Lipinski definition) is 5. The van der Waals surface area contributed by atoms with Crippen molar-refractivity contribution in [3.63, 3.8) is 0 Å². The van der Waals surface area contributed by atoms with E-state index in [2.05, 4.69) is 9.97 Å². The summed E-state index contributed by atoms with van der Waals surface area (Å²) < 4.78 is 4.94. The fraction of sp³-hybridized carbons (Fsp3) is 0.444. The molecular formula is C9H11ClN4O. The number of nitriles is 1. The molecule has 0 aliphatic carbocycles. The highest BCUT2D eigenvalue weighted by molar-refractivity contribution is 6.28. The monoisotopic (exact) mass is 226 g/mol. The molecule has 0 aliphatic rings. The molecule has 1 aromatic heterocycles. The molecule has 1 aromatic rings. The molecule has 0 aromatic carbocycles. The van der Waals surface area contributed by atoms with E-state index < -0.39 is 0 Å². The third-order valence-corrected chi connectivity index (χ3v) is 2.03. The van der Waals surface area contributed by atoms with Crippen molar-refractivity contribution in [3.8, 4) is 6.07 Å². The summed E-state index contributed by atoms with van der Waals surface area (Å²) in [6, 6.07) is 2.01. The Morgan fingerprint density at radius 2 is 2.40 bits per heavy atom. The molecule has 80 valence electrons. The highest BCUT2D eigenvalue weighted by atomic mass is 35.5.